The number of hydrogen-bond acceptors (Lipinski definition) is 4. The van der Waals surface area contributed by atoms with Crippen molar-refractivity contribution in [3.05, 3.63) is 0 Å². The van der Waals surface area contributed by atoms with Crippen molar-refractivity contribution in [1.29, 1.82) is 0 Å². The van der Waals surface area contributed by atoms with Crippen molar-refractivity contribution in [2.45, 2.75) is 45.4 Å². The van der Waals surface area contributed by atoms with E-state index in [1.54, 1.807) is 13.8 Å². The van der Waals surface area contributed by atoms with Crippen molar-refractivity contribution in [2.24, 2.45) is 0 Å². The number of aliphatic hydroxyl groups is 2. The maximum Gasteiger partial charge on any atom is 0.178 e. The average Bonchev–Trinajstić information content (AvgIpc) is 2.00. The van der Waals surface area contributed by atoms with Crippen LogP contribution in [0.2, 0.25) is 0 Å². The molecule has 0 aromatic rings. The molecule has 0 bridgehead atoms. The van der Waals surface area contributed by atoms with Crippen LogP contribution in [0.15, 0.2) is 0 Å². The minimum absolute atomic E-state index is 0.532. The van der Waals surface area contributed by atoms with Gasteiger partial charge in [-0.3, -0.25) is 0 Å². The molecule has 1 atom stereocenters. The summed E-state index contributed by atoms with van der Waals surface area (Å²) in [7, 11) is 1.51. The van der Waals surface area contributed by atoms with Crippen LogP contribution < -0.4 is 0 Å². The number of rotatable bonds is 5. The van der Waals surface area contributed by atoms with Gasteiger partial charge in [0.15, 0.2) is 12.1 Å². The normalized spacial score (nSPS) is 15.2. The summed E-state index contributed by atoms with van der Waals surface area (Å²) in [5.74, 6) is -0.773. The van der Waals surface area contributed by atoms with E-state index in [0.29, 0.717) is 6.42 Å². The topological polar surface area (TPSA) is 58.9 Å². The lowest BCUT2D eigenvalue weighted by Crippen LogP contribution is -2.38. The molecule has 74 valence electrons. The van der Waals surface area contributed by atoms with Gasteiger partial charge in [-0.15, -0.1) is 0 Å². The molecule has 0 aromatic carbocycles. The summed E-state index contributed by atoms with van der Waals surface area (Å²) < 4.78 is 10.3. The van der Waals surface area contributed by atoms with Crippen LogP contribution in [0, 0.1) is 0 Å². The van der Waals surface area contributed by atoms with E-state index in [0.717, 1.165) is 0 Å². The number of aliphatic hydroxyl groups excluding tert-OH is 1. The van der Waals surface area contributed by atoms with Gasteiger partial charge >= 0.3 is 0 Å². The minimum Gasteiger partial charge on any atom is -0.366 e. The molecule has 2 N–H and O–H groups in total. The van der Waals surface area contributed by atoms with Gasteiger partial charge in [-0.25, -0.2) is 0 Å². The molecule has 0 saturated carbocycles. The fraction of sp³-hybridized carbons (Fsp3) is 1.00. The molecule has 1 unspecified atom stereocenters. The summed E-state index contributed by atoms with van der Waals surface area (Å²) in [5.41, 5.74) is 0. The largest absolute Gasteiger partial charge is 0.366 e. The molecule has 0 aliphatic heterocycles. The Balaban J connectivity index is 4.01. The fourth-order valence-corrected chi connectivity index (χ4v) is 0.768. The molecule has 0 saturated heterocycles. The second kappa shape index (κ2) is 4.77. The first-order valence-electron chi connectivity index (χ1n) is 4.02. The second-order valence-corrected chi connectivity index (χ2v) is 3.08. The first-order chi connectivity index (χ1) is 5.43. The lowest BCUT2D eigenvalue weighted by atomic mass is 10.2. The van der Waals surface area contributed by atoms with Crippen molar-refractivity contribution >= 4 is 0 Å². The van der Waals surface area contributed by atoms with Crippen LogP contribution in [0.5, 0.6) is 0 Å². The molecule has 0 aliphatic rings. The van der Waals surface area contributed by atoms with E-state index in [9.17, 15) is 0 Å². The van der Waals surface area contributed by atoms with E-state index in [1.165, 1.54) is 7.11 Å². The average molecular weight is 178 g/mol. The van der Waals surface area contributed by atoms with E-state index >= 15 is 0 Å². The lowest BCUT2D eigenvalue weighted by molar-refractivity contribution is -0.266. The van der Waals surface area contributed by atoms with Crippen LogP contribution in [0.4, 0.5) is 0 Å². The summed E-state index contributed by atoms with van der Waals surface area (Å²) in [5, 5.41) is 17.7. The highest BCUT2D eigenvalue weighted by Crippen LogP contribution is 2.16. The van der Waals surface area contributed by atoms with Gasteiger partial charge in [0, 0.05) is 7.11 Å². The van der Waals surface area contributed by atoms with Gasteiger partial charge in [0.25, 0.3) is 0 Å². The Morgan fingerprint density at radius 1 is 1.33 bits per heavy atom. The summed E-state index contributed by atoms with van der Waals surface area (Å²) >= 11 is 0. The zero-order valence-corrected chi connectivity index (χ0v) is 8.07. The highest BCUT2D eigenvalue weighted by molar-refractivity contribution is 4.62. The zero-order chi connectivity index (χ0) is 9.78. The summed E-state index contributed by atoms with van der Waals surface area (Å²) in [6, 6.07) is 0. The van der Waals surface area contributed by atoms with Crippen LogP contribution >= 0.6 is 0 Å². The summed E-state index contributed by atoms with van der Waals surface area (Å²) in [6.45, 7) is 5.26. The molecule has 0 rings (SSSR count). The van der Waals surface area contributed by atoms with E-state index in [1.807, 2.05) is 6.92 Å². The van der Waals surface area contributed by atoms with Gasteiger partial charge in [0.2, 0.25) is 0 Å². The van der Waals surface area contributed by atoms with Gasteiger partial charge < -0.3 is 19.7 Å². The molecule has 0 aromatic heterocycles. The van der Waals surface area contributed by atoms with Gasteiger partial charge in [-0.1, -0.05) is 6.92 Å². The van der Waals surface area contributed by atoms with Crippen LogP contribution in [0.3, 0.4) is 0 Å². The molecule has 0 spiro atoms. The Hall–Kier alpha value is -0.160. The number of methoxy groups -OCH3 is 1. The number of ether oxygens (including phenoxy) is 2. The Morgan fingerprint density at radius 2 is 1.83 bits per heavy atom. The van der Waals surface area contributed by atoms with E-state index < -0.39 is 18.2 Å². The SMILES string of the molecule is CCC(OC(C)(C)OC)C(O)O. The first kappa shape index (κ1) is 11.8. The van der Waals surface area contributed by atoms with Crippen molar-refractivity contribution in [3.8, 4) is 0 Å². The Bertz CT molecular complexity index is 122. The molecule has 0 heterocycles. The highest BCUT2D eigenvalue weighted by Gasteiger charge is 2.25. The minimum atomic E-state index is -1.45. The molecule has 4 nitrogen and oxygen atoms in total. The Labute approximate surface area is 73.1 Å². The fourth-order valence-electron chi connectivity index (χ4n) is 0.768. The monoisotopic (exact) mass is 178 g/mol. The third kappa shape index (κ3) is 4.01. The smallest absolute Gasteiger partial charge is 0.178 e. The van der Waals surface area contributed by atoms with Crippen LogP contribution in [-0.4, -0.2) is 35.5 Å². The molecule has 0 aliphatic carbocycles. The van der Waals surface area contributed by atoms with Crippen LogP contribution in [0.1, 0.15) is 27.2 Å². The number of hydrogen-bond donors (Lipinski definition) is 2. The quantitative estimate of drug-likeness (QED) is 0.601. The highest BCUT2D eigenvalue weighted by atomic mass is 16.7. The van der Waals surface area contributed by atoms with Crippen molar-refractivity contribution in [3.63, 3.8) is 0 Å². The van der Waals surface area contributed by atoms with Gasteiger partial charge in [0.1, 0.15) is 6.10 Å². The van der Waals surface area contributed by atoms with Gasteiger partial charge in [-0.05, 0) is 20.3 Å². The van der Waals surface area contributed by atoms with E-state index in [-0.39, 0.29) is 0 Å². The molecule has 0 fully saturated rings. The van der Waals surface area contributed by atoms with Crippen LogP contribution in [-0.2, 0) is 9.47 Å². The maximum absolute atomic E-state index is 8.85. The van der Waals surface area contributed by atoms with Crippen molar-refractivity contribution in [2.75, 3.05) is 7.11 Å². The predicted molar refractivity (Wildman–Crippen MR) is 44.5 cm³/mol. The van der Waals surface area contributed by atoms with E-state index in [2.05, 4.69) is 0 Å². The van der Waals surface area contributed by atoms with Crippen LogP contribution in [0.25, 0.3) is 0 Å². The molecule has 0 radical (unpaired) electrons. The molecular formula is C8H18O4. The first-order valence-corrected chi connectivity index (χ1v) is 4.02. The summed E-state index contributed by atoms with van der Waals surface area (Å²) in [4.78, 5) is 0. The van der Waals surface area contributed by atoms with Crippen molar-refractivity contribution in [1.82, 2.24) is 0 Å². The van der Waals surface area contributed by atoms with Gasteiger partial charge in [0.05, 0.1) is 0 Å². The summed E-state index contributed by atoms with van der Waals surface area (Å²) in [6.07, 6.45) is -1.52. The lowest BCUT2D eigenvalue weighted by Gasteiger charge is -2.29. The Kier molecular flexibility index (Phi) is 4.70. The molecular weight excluding hydrogens is 160 g/mol. The van der Waals surface area contributed by atoms with E-state index in [4.69, 9.17) is 19.7 Å². The maximum atomic E-state index is 8.85. The molecule has 12 heavy (non-hydrogen) atoms. The third-order valence-electron chi connectivity index (χ3n) is 1.66. The Morgan fingerprint density at radius 3 is 2.08 bits per heavy atom. The third-order valence-corrected chi connectivity index (χ3v) is 1.66. The second-order valence-electron chi connectivity index (χ2n) is 3.08. The van der Waals surface area contributed by atoms with Crippen molar-refractivity contribution < 1.29 is 19.7 Å². The molecule has 0 amide bonds. The zero-order valence-electron chi connectivity index (χ0n) is 8.07. The molecule has 4 heteroatoms. The standard InChI is InChI=1S/C8H18O4/c1-5-6(7(9)10)12-8(2,3)11-4/h6-7,9-10H,5H2,1-4H3. The predicted octanol–water partition coefficient (Wildman–Crippen LogP) is 0.475. The van der Waals surface area contributed by atoms with Gasteiger partial charge in [-0.2, -0.15) is 0 Å².